The van der Waals surface area contributed by atoms with E-state index >= 15 is 0 Å². The summed E-state index contributed by atoms with van der Waals surface area (Å²) in [5.74, 6) is 0.224. The molecule has 1 aliphatic rings. The highest BCUT2D eigenvalue weighted by Gasteiger charge is 2.17. The highest BCUT2D eigenvalue weighted by atomic mass is 19.1. The lowest BCUT2D eigenvalue weighted by molar-refractivity contribution is 0.0685. The lowest BCUT2D eigenvalue weighted by Crippen LogP contribution is -2.30. The largest absolute Gasteiger partial charge is 0.381 e. The first-order valence-electron chi connectivity index (χ1n) is 6.19. The van der Waals surface area contributed by atoms with E-state index in [1.807, 2.05) is 18.0 Å². The first-order chi connectivity index (χ1) is 8.70. The molecule has 1 fully saturated rings. The number of benzene rings is 1. The van der Waals surface area contributed by atoms with E-state index in [0.717, 1.165) is 32.6 Å². The number of hydrogen-bond donors (Lipinski definition) is 0. The molecule has 4 heteroatoms. The molecule has 3 nitrogen and oxygen atoms in total. The first-order valence-corrected chi connectivity index (χ1v) is 6.19. The average Bonchev–Trinajstić information content (AvgIpc) is 2.39. The molecule has 0 saturated carbocycles. The third kappa shape index (κ3) is 2.99. The van der Waals surface area contributed by atoms with E-state index < -0.39 is 0 Å². The molecular formula is C14H17FN2O. The second-order valence-electron chi connectivity index (χ2n) is 4.71. The molecule has 96 valence electrons. The molecule has 0 amide bonds. The maximum absolute atomic E-state index is 13.8. The van der Waals surface area contributed by atoms with Crippen LogP contribution in [0, 0.1) is 23.1 Å². The van der Waals surface area contributed by atoms with Crippen LogP contribution in [0.25, 0.3) is 0 Å². The van der Waals surface area contributed by atoms with Gasteiger partial charge in [-0.3, -0.25) is 0 Å². The highest BCUT2D eigenvalue weighted by Crippen LogP contribution is 2.23. The van der Waals surface area contributed by atoms with Crippen LogP contribution in [-0.2, 0) is 4.74 Å². The predicted octanol–water partition coefficient (Wildman–Crippen LogP) is 2.56. The summed E-state index contributed by atoms with van der Waals surface area (Å²) in [6, 6.07) is 6.55. The van der Waals surface area contributed by atoms with Gasteiger partial charge in [0.2, 0.25) is 0 Å². The lowest BCUT2D eigenvalue weighted by Gasteiger charge is -2.28. The summed E-state index contributed by atoms with van der Waals surface area (Å²) in [5, 5.41) is 8.71. The number of rotatable bonds is 3. The Kier molecular flexibility index (Phi) is 4.16. The van der Waals surface area contributed by atoms with Gasteiger partial charge in [0, 0.05) is 26.8 Å². The Bertz CT molecular complexity index is 450. The fourth-order valence-electron chi connectivity index (χ4n) is 2.30. The Balaban J connectivity index is 2.04. The van der Waals surface area contributed by atoms with Gasteiger partial charge in [-0.15, -0.1) is 0 Å². The number of halogens is 1. The SMILES string of the molecule is CN(CC1CCOCC1)c1ccc(C#N)cc1F. The Morgan fingerprint density at radius 3 is 2.78 bits per heavy atom. The quantitative estimate of drug-likeness (QED) is 0.824. The van der Waals surface area contributed by atoms with Crippen molar-refractivity contribution >= 4 is 5.69 Å². The van der Waals surface area contributed by atoms with Gasteiger partial charge < -0.3 is 9.64 Å². The van der Waals surface area contributed by atoms with Gasteiger partial charge in [0.15, 0.2) is 0 Å². The molecule has 0 bridgehead atoms. The van der Waals surface area contributed by atoms with Crippen molar-refractivity contribution in [1.29, 1.82) is 5.26 Å². The van der Waals surface area contributed by atoms with Crippen LogP contribution >= 0.6 is 0 Å². The third-order valence-electron chi connectivity index (χ3n) is 3.36. The summed E-state index contributed by atoms with van der Waals surface area (Å²) in [6.07, 6.45) is 2.06. The number of nitriles is 1. The van der Waals surface area contributed by atoms with Gasteiger partial charge in [-0.1, -0.05) is 0 Å². The molecule has 0 atom stereocenters. The third-order valence-corrected chi connectivity index (χ3v) is 3.36. The monoisotopic (exact) mass is 248 g/mol. The lowest BCUT2D eigenvalue weighted by atomic mass is 9.99. The molecule has 1 heterocycles. The molecule has 1 aromatic carbocycles. The molecule has 0 N–H and O–H groups in total. The van der Waals surface area contributed by atoms with Crippen LogP contribution in [0.15, 0.2) is 18.2 Å². The molecule has 2 rings (SSSR count). The zero-order valence-corrected chi connectivity index (χ0v) is 10.5. The zero-order chi connectivity index (χ0) is 13.0. The van der Waals surface area contributed by atoms with Crippen molar-refractivity contribution in [2.24, 2.45) is 5.92 Å². The highest BCUT2D eigenvalue weighted by molar-refractivity contribution is 5.50. The van der Waals surface area contributed by atoms with Gasteiger partial charge in [-0.25, -0.2) is 4.39 Å². The van der Waals surface area contributed by atoms with Crippen molar-refractivity contribution < 1.29 is 9.13 Å². The molecule has 0 spiro atoms. The molecule has 0 aliphatic carbocycles. The van der Waals surface area contributed by atoms with Crippen LogP contribution < -0.4 is 4.90 Å². The summed E-state index contributed by atoms with van der Waals surface area (Å²) >= 11 is 0. The second-order valence-corrected chi connectivity index (χ2v) is 4.71. The van der Waals surface area contributed by atoms with E-state index in [9.17, 15) is 4.39 Å². The standard InChI is InChI=1S/C14H17FN2O/c1-17(10-11-4-6-18-7-5-11)14-3-2-12(9-16)8-13(14)15/h2-3,8,11H,4-7,10H2,1H3. The normalized spacial score (nSPS) is 16.3. The minimum Gasteiger partial charge on any atom is -0.381 e. The van der Waals surface area contributed by atoms with E-state index in [1.165, 1.54) is 6.07 Å². The Morgan fingerprint density at radius 1 is 1.44 bits per heavy atom. The molecule has 18 heavy (non-hydrogen) atoms. The van der Waals surface area contributed by atoms with Crippen LogP contribution in [0.1, 0.15) is 18.4 Å². The minimum absolute atomic E-state index is 0.330. The first kappa shape index (κ1) is 12.8. The molecule has 0 unspecified atom stereocenters. The number of nitrogens with zero attached hydrogens (tertiary/aromatic N) is 2. The van der Waals surface area contributed by atoms with Crippen molar-refractivity contribution in [3.63, 3.8) is 0 Å². The average molecular weight is 248 g/mol. The zero-order valence-electron chi connectivity index (χ0n) is 10.5. The van der Waals surface area contributed by atoms with Gasteiger partial charge in [-0.2, -0.15) is 5.26 Å². The molecule has 0 aromatic heterocycles. The Labute approximate surface area is 107 Å². The minimum atomic E-state index is -0.330. The van der Waals surface area contributed by atoms with E-state index in [0.29, 0.717) is 17.2 Å². The van der Waals surface area contributed by atoms with Crippen LogP contribution in [-0.4, -0.2) is 26.8 Å². The van der Waals surface area contributed by atoms with E-state index in [2.05, 4.69) is 0 Å². The Hall–Kier alpha value is -1.60. The summed E-state index contributed by atoms with van der Waals surface area (Å²) in [7, 11) is 1.89. The van der Waals surface area contributed by atoms with Crippen molar-refractivity contribution in [3.05, 3.63) is 29.6 Å². The van der Waals surface area contributed by atoms with Crippen molar-refractivity contribution in [1.82, 2.24) is 0 Å². The van der Waals surface area contributed by atoms with Crippen molar-refractivity contribution in [3.8, 4) is 6.07 Å². The van der Waals surface area contributed by atoms with Gasteiger partial charge in [0.25, 0.3) is 0 Å². The van der Waals surface area contributed by atoms with Crippen LogP contribution in [0.4, 0.5) is 10.1 Å². The van der Waals surface area contributed by atoms with Crippen molar-refractivity contribution in [2.45, 2.75) is 12.8 Å². The van der Waals surface area contributed by atoms with Gasteiger partial charge in [-0.05, 0) is 37.0 Å². The van der Waals surface area contributed by atoms with Gasteiger partial charge in [0.1, 0.15) is 5.82 Å². The van der Waals surface area contributed by atoms with E-state index in [-0.39, 0.29) is 5.82 Å². The van der Waals surface area contributed by atoms with Crippen molar-refractivity contribution in [2.75, 3.05) is 31.7 Å². The fourth-order valence-corrected chi connectivity index (χ4v) is 2.30. The van der Waals surface area contributed by atoms with Gasteiger partial charge in [0.05, 0.1) is 17.3 Å². The second kappa shape index (κ2) is 5.83. The molecular weight excluding hydrogens is 231 g/mol. The van der Waals surface area contributed by atoms with Crippen LogP contribution in [0.2, 0.25) is 0 Å². The fraction of sp³-hybridized carbons (Fsp3) is 0.500. The van der Waals surface area contributed by atoms with Gasteiger partial charge >= 0.3 is 0 Å². The topological polar surface area (TPSA) is 36.3 Å². The predicted molar refractivity (Wildman–Crippen MR) is 67.9 cm³/mol. The maximum Gasteiger partial charge on any atom is 0.147 e. The van der Waals surface area contributed by atoms with Crippen LogP contribution in [0.3, 0.4) is 0 Å². The van der Waals surface area contributed by atoms with Crippen LogP contribution in [0.5, 0.6) is 0 Å². The summed E-state index contributed by atoms with van der Waals surface area (Å²) in [5.41, 5.74) is 0.913. The smallest absolute Gasteiger partial charge is 0.147 e. The summed E-state index contributed by atoms with van der Waals surface area (Å²) in [4.78, 5) is 1.92. The molecule has 1 saturated heterocycles. The number of hydrogen-bond acceptors (Lipinski definition) is 3. The summed E-state index contributed by atoms with van der Waals surface area (Å²) in [6.45, 7) is 2.43. The number of ether oxygens (including phenoxy) is 1. The molecule has 1 aliphatic heterocycles. The van der Waals surface area contributed by atoms with E-state index in [4.69, 9.17) is 10.00 Å². The maximum atomic E-state index is 13.8. The summed E-state index contributed by atoms with van der Waals surface area (Å²) < 4.78 is 19.1. The number of anilines is 1. The van der Waals surface area contributed by atoms with E-state index in [1.54, 1.807) is 12.1 Å². The Morgan fingerprint density at radius 2 is 2.17 bits per heavy atom. The molecule has 0 radical (unpaired) electrons. The molecule has 1 aromatic rings.